The van der Waals surface area contributed by atoms with Gasteiger partial charge < -0.3 is 15.0 Å². The minimum Gasteiger partial charge on any atom is -0.494 e. The lowest BCUT2D eigenvalue weighted by Gasteiger charge is -2.33. The Labute approximate surface area is 258 Å². The Bertz CT molecular complexity index is 1460. The molecule has 0 spiro atoms. The summed E-state index contributed by atoms with van der Waals surface area (Å²) in [5, 5.41) is 3.45. The molecule has 8 nitrogen and oxygen atoms in total. The number of sulfonamides is 1. The van der Waals surface area contributed by atoms with Crippen LogP contribution >= 0.6 is 23.4 Å². The van der Waals surface area contributed by atoms with E-state index in [2.05, 4.69) is 5.32 Å². The second-order valence-corrected chi connectivity index (χ2v) is 13.9. The molecule has 1 atom stereocenters. The molecular formula is C31H38ClN3O5S2. The molecule has 1 N–H and O–H groups in total. The molecule has 0 bridgehead atoms. The average molecular weight is 632 g/mol. The number of ether oxygens (including phenoxy) is 1. The van der Waals surface area contributed by atoms with E-state index in [4.69, 9.17) is 16.3 Å². The highest BCUT2D eigenvalue weighted by molar-refractivity contribution is 7.98. The fraction of sp³-hybridized carbons (Fsp3) is 0.355. The Morgan fingerprint density at radius 3 is 2.10 bits per heavy atom. The summed E-state index contributed by atoms with van der Waals surface area (Å²) in [5.41, 5.74) is 0.506. The van der Waals surface area contributed by atoms with Gasteiger partial charge in [0.15, 0.2) is 0 Å². The van der Waals surface area contributed by atoms with Crippen LogP contribution in [0.2, 0.25) is 5.02 Å². The van der Waals surface area contributed by atoms with E-state index in [1.165, 1.54) is 28.8 Å². The first-order chi connectivity index (χ1) is 19.7. The van der Waals surface area contributed by atoms with Gasteiger partial charge in [0.2, 0.25) is 11.8 Å². The first-order valence-electron chi connectivity index (χ1n) is 13.5. The summed E-state index contributed by atoms with van der Waals surface area (Å²) < 4.78 is 34.6. The largest absolute Gasteiger partial charge is 0.494 e. The van der Waals surface area contributed by atoms with Gasteiger partial charge in [-0.25, -0.2) is 8.42 Å². The highest BCUT2D eigenvalue weighted by Gasteiger charge is 2.33. The number of carbonyl (C=O) groups is 2. The van der Waals surface area contributed by atoms with E-state index in [1.807, 2.05) is 34.0 Å². The number of rotatable bonds is 12. The average Bonchev–Trinajstić information content (AvgIpc) is 2.95. The van der Waals surface area contributed by atoms with E-state index in [1.54, 1.807) is 67.6 Å². The summed E-state index contributed by atoms with van der Waals surface area (Å²) >= 11 is 7.56. The van der Waals surface area contributed by atoms with Crippen molar-refractivity contribution in [1.82, 2.24) is 10.2 Å². The van der Waals surface area contributed by atoms with Gasteiger partial charge in [-0.2, -0.15) is 0 Å². The SMILES string of the molecule is CCOc1ccc(N(CC(=O)N(Cc2ccc(Cl)cc2)[C@H](C)C(=O)NC(C)(C)C)S(=O)(=O)c2ccc(SC)cc2)cc1. The van der Waals surface area contributed by atoms with Crippen LogP contribution in [0.3, 0.4) is 0 Å². The van der Waals surface area contributed by atoms with Gasteiger partial charge in [0.25, 0.3) is 10.0 Å². The molecule has 0 heterocycles. The van der Waals surface area contributed by atoms with Crippen molar-refractivity contribution in [2.24, 2.45) is 0 Å². The molecule has 0 fully saturated rings. The Hall–Kier alpha value is -3.21. The van der Waals surface area contributed by atoms with Crippen LogP contribution in [-0.2, 0) is 26.2 Å². The summed E-state index contributed by atoms with van der Waals surface area (Å²) in [7, 11) is -4.17. The smallest absolute Gasteiger partial charge is 0.264 e. The molecule has 0 unspecified atom stereocenters. The molecule has 11 heteroatoms. The van der Waals surface area contributed by atoms with E-state index in [0.717, 1.165) is 14.8 Å². The summed E-state index contributed by atoms with van der Waals surface area (Å²) in [6.07, 6.45) is 1.90. The lowest BCUT2D eigenvalue weighted by atomic mass is 10.1. The zero-order valence-corrected chi connectivity index (χ0v) is 27.1. The minimum absolute atomic E-state index is 0.0461. The van der Waals surface area contributed by atoms with Gasteiger partial charge in [0.05, 0.1) is 17.2 Å². The summed E-state index contributed by atoms with van der Waals surface area (Å²) in [4.78, 5) is 29.6. The number of nitrogens with zero attached hydrogens (tertiary/aromatic N) is 2. The summed E-state index contributed by atoms with van der Waals surface area (Å²) in [6.45, 7) is 9.05. The van der Waals surface area contributed by atoms with Gasteiger partial charge in [-0.15, -0.1) is 11.8 Å². The van der Waals surface area contributed by atoms with E-state index in [0.29, 0.717) is 23.1 Å². The maximum atomic E-state index is 14.0. The van der Waals surface area contributed by atoms with Crippen LogP contribution in [0.1, 0.15) is 40.2 Å². The molecule has 0 aromatic heterocycles. The molecule has 3 rings (SSSR count). The molecule has 0 aliphatic carbocycles. The lowest BCUT2D eigenvalue weighted by Crippen LogP contribution is -2.54. The highest BCUT2D eigenvalue weighted by atomic mass is 35.5. The standard InChI is InChI=1S/C31H38ClN3O5S2/c1-7-40-26-14-12-25(13-15-26)35(42(38,39)28-18-16-27(41-6)17-19-28)21-29(36)34(20-23-8-10-24(32)11-9-23)22(2)30(37)33-31(3,4)5/h8-19,22H,7,20-21H2,1-6H3,(H,33,37)/t22-/m1/s1. The third-order valence-corrected chi connectivity index (χ3v) is 9.08. The van der Waals surface area contributed by atoms with Crippen LogP contribution in [0.4, 0.5) is 5.69 Å². The van der Waals surface area contributed by atoms with Crippen molar-refractivity contribution in [3.63, 3.8) is 0 Å². The minimum atomic E-state index is -4.17. The first kappa shape index (κ1) is 33.3. The summed E-state index contributed by atoms with van der Waals surface area (Å²) in [5.74, 6) is -0.321. The second kappa shape index (κ2) is 14.3. The van der Waals surface area contributed by atoms with Gasteiger partial charge in [-0.3, -0.25) is 13.9 Å². The van der Waals surface area contributed by atoms with Crippen LogP contribution in [0.15, 0.2) is 82.6 Å². The van der Waals surface area contributed by atoms with E-state index < -0.39 is 34.1 Å². The maximum Gasteiger partial charge on any atom is 0.264 e. The van der Waals surface area contributed by atoms with Crippen LogP contribution < -0.4 is 14.4 Å². The van der Waals surface area contributed by atoms with Gasteiger partial charge in [-0.1, -0.05) is 23.7 Å². The number of amides is 2. The van der Waals surface area contributed by atoms with Crippen LogP contribution in [-0.4, -0.2) is 56.1 Å². The number of nitrogens with one attached hydrogen (secondary N) is 1. The normalized spacial score (nSPS) is 12.4. The fourth-order valence-electron chi connectivity index (χ4n) is 4.12. The number of thioether (sulfide) groups is 1. The molecule has 0 saturated heterocycles. The van der Waals surface area contributed by atoms with Crippen molar-refractivity contribution in [2.45, 2.75) is 62.5 Å². The Morgan fingerprint density at radius 1 is 0.976 bits per heavy atom. The topological polar surface area (TPSA) is 96.0 Å². The Kier molecular flexibility index (Phi) is 11.3. The predicted octanol–water partition coefficient (Wildman–Crippen LogP) is 5.99. The molecule has 0 aliphatic rings. The molecular weight excluding hydrogens is 594 g/mol. The number of hydrogen-bond acceptors (Lipinski definition) is 6. The van der Waals surface area contributed by atoms with E-state index in [-0.39, 0.29) is 17.3 Å². The van der Waals surface area contributed by atoms with E-state index in [9.17, 15) is 18.0 Å². The van der Waals surface area contributed by atoms with Crippen LogP contribution in [0.5, 0.6) is 5.75 Å². The molecule has 2 amide bonds. The summed E-state index contributed by atoms with van der Waals surface area (Å²) in [6, 6.07) is 19.1. The zero-order chi connectivity index (χ0) is 31.1. The van der Waals surface area contributed by atoms with Gasteiger partial charge in [0, 0.05) is 22.0 Å². The molecule has 0 saturated carbocycles. The van der Waals surface area contributed by atoms with Crippen molar-refractivity contribution in [3.8, 4) is 5.75 Å². The lowest BCUT2D eigenvalue weighted by molar-refractivity contribution is -0.140. The van der Waals surface area contributed by atoms with Crippen LogP contribution in [0, 0.1) is 0 Å². The van der Waals surface area contributed by atoms with Crippen molar-refractivity contribution < 1.29 is 22.7 Å². The first-order valence-corrected chi connectivity index (χ1v) is 16.5. The second-order valence-electron chi connectivity index (χ2n) is 10.7. The number of hydrogen-bond donors (Lipinski definition) is 1. The predicted molar refractivity (Wildman–Crippen MR) is 170 cm³/mol. The number of carbonyl (C=O) groups excluding carboxylic acids is 2. The van der Waals surface area contributed by atoms with Crippen molar-refractivity contribution >= 4 is 50.9 Å². The van der Waals surface area contributed by atoms with Crippen molar-refractivity contribution in [1.29, 1.82) is 0 Å². The van der Waals surface area contributed by atoms with Crippen LogP contribution in [0.25, 0.3) is 0 Å². The van der Waals surface area contributed by atoms with Gasteiger partial charge in [0.1, 0.15) is 18.3 Å². The number of anilines is 1. The highest BCUT2D eigenvalue weighted by Crippen LogP contribution is 2.28. The quantitative estimate of drug-likeness (QED) is 0.247. The molecule has 42 heavy (non-hydrogen) atoms. The van der Waals surface area contributed by atoms with Crippen molar-refractivity contribution in [2.75, 3.05) is 23.7 Å². The molecule has 3 aromatic carbocycles. The number of halogens is 1. The molecule has 0 radical (unpaired) electrons. The van der Waals surface area contributed by atoms with Gasteiger partial charge >= 0.3 is 0 Å². The fourth-order valence-corrected chi connectivity index (χ4v) is 6.07. The molecule has 226 valence electrons. The van der Waals surface area contributed by atoms with Gasteiger partial charge in [-0.05, 0) is 107 Å². The third kappa shape index (κ3) is 8.89. The number of benzene rings is 3. The van der Waals surface area contributed by atoms with Crippen molar-refractivity contribution in [3.05, 3.63) is 83.4 Å². The molecule has 3 aromatic rings. The maximum absolute atomic E-state index is 14.0. The Morgan fingerprint density at radius 2 is 1.57 bits per heavy atom. The Balaban J connectivity index is 2.04. The van der Waals surface area contributed by atoms with E-state index >= 15 is 0 Å². The molecule has 0 aliphatic heterocycles. The third-order valence-electron chi connectivity index (χ3n) is 6.29. The zero-order valence-electron chi connectivity index (χ0n) is 24.8. The monoisotopic (exact) mass is 631 g/mol.